The van der Waals surface area contributed by atoms with E-state index in [2.05, 4.69) is 61.8 Å². The third-order valence-electron chi connectivity index (χ3n) is 7.03. The van der Waals surface area contributed by atoms with Crippen LogP contribution in [0.25, 0.3) is 0 Å². The van der Waals surface area contributed by atoms with Crippen molar-refractivity contribution < 1.29 is 18.6 Å². The minimum absolute atomic E-state index is 0.286. The van der Waals surface area contributed by atoms with E-state index in [1.165, 1.54) is 11.6 Å². The van der Waals surface area contributed by atoms with Gasteiger partial charge in [-0.2, -0.15) is 0 Å². The zero-order valence-corrected chi connectivity index (χ0v) is 22.1. The first-order valence-corrected chi connectivity index (χ1v) is 12.9. The maximum atomic E-state index is 14.0. The van der Waals surface area contributed by atoms with Crippen LogP contribution in [-0.2, 0) is 11.3 Å². The largest absolute Gasteiger partial charge is 0.492 e. The molecule has 0 radical (unpaired) electrons. The minimum Gasteiger partial charge on any atom is -0.492 e. The Hall–Kier alpha value is -2.15. The second-order valence-electron chi connectivity index (χ2n) is 10.2. The lowest BCUT2D eigenvalue weighted by atomic mass is 9.95. The van der Waals surface area contributed by atoms with Crippen molar-refractivity contribution in [1.29, 1.82) is 0 Å². The first-order valence-electron chi connectivity index (χ1n) is 12.9. The quantitative estimate of drug-likeness (QED) is 0.380. The standard InChI is InChI=1S/C29H43FN2O3/c1-23(2)32(24(3)4)19-20-34-26-13-11-25(12-14-26)21-31-17-8-15-29(33-5,16-18-31)22-35-28-10-7-6-9-27(28)30/h6-7,9-14,23-24H,8,15-22H2,1-5H3. The molecule has 2 aromatic rings. The maximum absolute atomic E-state index is 14.0. The van der Waals surface area contributed by atoms with Gasteiger partial charge in [-0.15, -0.1) is 0 Å². The highest BCUT2D eigenvalue weighted by Gasteiger charge is 2.34. The molecular formula is C29H43FN2O3. The van der Waals surface area contributed by atoms with Crippen LogP contribution >= 0.6 is 0 Å². The van der Waals surface area contributed by atoms with Crippen molar-refractivity contribution in [3.63, 3.8) is 0 Å². The highest BCUT2D eigenvalue weighted by atomic mass is 19.1. The van der Waals surface area contributed by atoms with Crippen molar-refractivity contribution in [2.45, 2.75) is 71.2 Å². The number of hydrogen-bond acceptors (Lipinski definition) is 5. The van der Waals surface area contributed by atoms with Gasteiger partial charge in [0.25, 0.3) is 0 Å². The van der Waals surface area contributed by atoms with Crippen LogP contribution in [0.4, 0.5) is 4.39 Å². The van der Waals surface area contributed by atoms with Crippen LogP contribution in [0.1, 0.15) is 52.5 Å². The molecule has 1 aliphatic rings. The number of rotatable bonds is 12. The van der Waals surface area contributed by atoms with Gasteiger partial charge in [-0.05, 0) is 83.3 Å². The Kier molecular flexibility index (Phi) is 10.4. The summed E-state index contributed by atoms with van der Waals surface area (Å²) in [5.41, 5.74) is 0.880. The van der Waals surface area contributed by atoms with Crippen LogP contribution in [0.5, 0.6) is 11.5 Å². The van der Waals surface area contributed by atoms with Gasteiger partial charge in [0.1, 0.15) is 24.6 Å². The van der Waals surface area contributed by atoms with E-state index in [-0.39, 0.29) is 11.6 Å². The lowest BCUT2D eigenvalue weighted by molar-refractivity contribution is -0.0548. The Morgan fingerprint density at radius 2 is 1.66 bits per heavy atom. The molecule has 2 aromatic carbocycles. The molecular weight excluding hydrogens is 443 g/mol. The van der Waals surface area contributed by atoms with Gasteiger partial charge in [0.15, 0.2) is 11.6 Å². The van der Waals surface area contributed by atoms with Gasteiger partial charge in [-0.1, -0.05) is 24.3 Å². The predicted octanol–water partition coefficient (Wildman–Crippen LogP) is 5.77. The third-order valence-corrected chi connectivity index (χ3v) is 7.03. The Morgan fingerprint density at radius 3 is 2.31 bits per heavy atom. The van der Waals surface area contributed by atoms with Crippen LogP contribution in [0, 0.1) is 5.82 Å². The molecule has 0 bridgehead atoms. The molecule has 1 heterocycles. The number of methoxy groups -OCH3 is 1. The van der Waals surface area contributed by atoms with E-state index in [1.54, 1.807) is 25.3 Å². The summed E-state index contributed by atoms with van der Waals surface area (Å²) < 4.78 is 31.7. The predicted molar refractivity (Wildman–Crippen MR) is 140 cm³/mol. The van der Waals surface area contributed by atoms with Crippen molar-refractivity contribution in [3.8, 4) is 11.5 Å². The Morgan fingerprint density at radius 1 is 0.943 bits per heavy atom. The molecule has 0 spiro atoms. The van der Waals surface area contributed by atoms with Crippen LogP contribution < -0.4 is 9.47 Å². The molecule has 0 N–H and O–H groups in total. The van der Waals surface area contributed by atoms with Gasteiger partial charge in [-0.3, -0.25) is 9.80 Å². The van der Waals surface area contributed by atoms with Gasteiger partial charge in [-0.25, -0.2) is 4.39 Å². The van der Waals surface area contributed by atoms with Crippen molar-refractivity contribution in [2.75, 3.05) is 40.0 Å². The summed E-state index contributed by atoms with van der Waals surface area (Å²) in [6.45, 7) is 13.7. The SMILES string of the molecule is COC1(COc2ccccc2F)CCCN(Cc2ccc(OCCN(C(C)C)C(C)C)cc2)CC1. The van der Waals surface area contributed by atoms with E-state index in [0.717, 1.165) is 51.2 Å². The molecule has 1 atom stereocenters. The number of nitrogens with zero attached hydrogens (tertiary/aromatic N) is 2. The Labute approximate surface area is 211 Å². The number of likely N-dealkylation sites (tertiary alicyclic amines) is 1. The highest BCUT2D eigenvalue weighted by Crippen LogP contribution is 2.29. The fourth-order valence-electron chi connectivity index (χ4n) is 4.89. The van der Waals surface area contributed by atoms with Crippen molar-refractivity contribution in [3.05, 3.63) is 59.9 Å². The van der Waals surface area contributed by atoms with Crippen molar-refractivity contribution in [1.82, 2.24) is 9.80 Å². The average Bonchev–Trinajstić information content (AvgIpc) is 3.04. The molecule has 0 aliphatic carbocycles. The van der Waals surface area contributed by atoms with Crippen LogP contribution in [0.3, 0.4) is 0 Å². The summed E-state index contributed by atoms with van der Waals surface area (Å²) in [5.74, 6) is 0.868. The van der Waals surface area contributed by atoms with Gasteiger partial charge >= 0.3 is 0 Å². The molecule has 1 aliphatic heterocycles. The number of para-hydroxylation sites is 1. The molecule has 0 aromatic heterocycles. The Bertz CT molecular complexity index is 882. The smallest absolute Gasteiger partial charge is 0.165 e. The molecule has 0 amide bonds. The van der Waals surface area contributed by atoms with Gasteiger partial charge < -0.3 is 14.2 Å². The van der Waals surface area contributed by atoms with Gasteiger partial charge in [0, 0.05) is 38.8 Å². The average molecular weight is 487 g/mol. The second kappa shape index (κ2) is 13.2. The fourth-order valence-corrected chi connectivity index (χ4v) is 4.89. The lowest BCUT2D eigenvalue weighted by Gasteiger charge is -2.31. The molecule has 194 valence electrons. The summed E-state index contributed by atoms with van der Waals surface area (Å²) in [5, 5.41) is 0. The molecule has 0 saturated carbocycles. The van der Waals surface area contributed by atoms with Gasteiger partial charge in [0.2, 0.25) is 0 Å². The van der Waals surface area contributed by atoms with Crippen LogP contribution in [0.2, 0.25) is 0 Å². The number of halogens is 1. The number of ether oxygens (including phenoxy) is 3. The summed E-state index contributed by atoms with van der Waals surface area (Å²) in [7, 11) is 1.74. The lowest BCUT2D eigenvalue weighted by Crippen LogP contribution is -2.39. The Balaban J connectivity index is 1.48. The van der Waals surface area contributed by atoms with Crippen LogP contribution in [0.15, 0.2) is 48.5 Å². The van der Waals surface area contributed by atoms with E-state index in [0.29, 0.717) is 25.3 Å². The summed E-state index contributed by atoms with van der Waals surface area (Å²) in [6.07, 6.45) is 2.75. The zero-order chi connectivity index (χ0) is 25.3. The monoisotopic (exact) mass is 486 g/mol. The molecule has 5 nitrogen and oxygen atoms in total. The van der Waals surface area contributed by atoms with E-state index >= 15 is 0 Å². The molecule has 3 rings (SSSR count). The molecule has 1 unspecified atom stereocenters. The molecule has 35 heavy (non-hydrogen) atoms. The second-order valence-corrected chi connectivity index (χ2v) is 10.2. The van der Waals surface area contributed by atoms with E-state index in [9.17, 15) is 4.39 Å². The first-order chi connectivity index (χ1) is 16.8. The summed E-state index contributed by atoms with van der Waals surface area (Å²) in [6, 6.07) is 16.0. The van der Waals surface area contributed by atoms with E-state index in [1.807, 2.05) is 0 Å². The molecule has 6 heteroatoms. The first kappa shape index (κ1) is 27.4. The van der Waals surface area contributed by atoms with Gasteiger partial charge in [0.05, 0.1) is 0 Å². The van der Waals surface area contributed by atoms with E-state index < -0.39 is 5.60 Å². The normalized spacial score (nSPS) is 19.3. The third kappa shape index (κ3) is 8.19. The topological polar surface area (TPSA) is 34.2 Å². The fraction of sp³-hybridized carbons (Fsp3) is 0.586. The highest BCUT2D eigenvalue weighted by molar-refractivity contribution is 5.27. The van der Waals surface area contributed by atoms with Crippen molar-refractivity contribution in [2.24, 2.45) is 0 Å². The summed E-state index contributed by atoms with van der Waals surface area (Å²) in [4.78, 5) is 4.90. The molecule has 1 saturated heterocycles. The molecule has 1 fully saturated rings. The maximum Gasteiger partial charge on any atom is 0.165 e. The van der Waals surface area contributed by atoms with Crippen LogP contribution in [-0.4, -0.2) is 67.4 Å². The zero-order valence-electron chi connectivity index (χ0n) is 22.1. The van der Waals surface area contributed by atoms with E-state index in [4.69, 9.17) is 14.2 Å². The number of benzene rings is 2. The number of hydrogen-bond donors (Lipinski definition) is 0. The van der Waals surface area contributed by atoms with Crippen molar-refractivity contribution >= 4 is 0 Å². The summed E-state index contributed by atoms with van der Waals surface area (Å²) >= 11 is 0. The minimum atomic E-state index is -0.394.